The Balaban J connectivity index is 1.61. The average Bonchev–Trinajstić information content (AvgIpc) is 2.76. The van der Waals surface area contributed by atoms with E-state index in [1.165, 1.54) is 18.2 Å². The molecule has 4 aromatic rings. The van der Waals surface area contributed by atoms with Gasteiger partial charge in [0.15, 0.2) is 5.16 Å². The van der Waals surface area contributed by atoms with Crippen LogP contribution in [0.2, 0.25) is 5.02 Å². The number of para-hydroxylation sites is 1. The molecule has 0 bridgehead atoms. The summed E-state index contributed by atoms with van der Waals surface area (Å²) in [7, 11) is 0. The molecule has 1 amide bonds. The second kappa shape index (κ2) is 9.32. The van der Waals surface area contributed by atoms with Crippen molar-refractivity contribution in [1.29, 1.82) is 0 Å². The fourth-order valence-electron chi connectivity index (χ4n) is 3.06. The summed E-state index contributed by atoms with van der Waals surface area (Å²) >= 11 is 7.11. The third-order valence-electron chi connectivity index (χ3n) is 4.52. The van der Waals surface area contributed by atoms with E-state index in [1.54, 1.807) is 41.0 Å². The number of aromatic nitrogens is 2. The molecule has 1 aromatic heterocycles. The summed E-state index contributed by atoms with van der Waals surface area (Å²) < 4.78 is 14.9. The molecule has 1 heterocycles. The van der Waals surface area contributed by atoms with Gasteiger partial charge in [-0.05, 0) is 48.0 Å². The summed E-state index contributed by atoms with van der Waals surface area (Å²) in [5, 5.41) is 4.19. The minimum absolute atomic E-state index is 0.0158. The largest absolute Gasteiger partial charge is 0.325 e. The monoisotopic (exact) mass is 453 g/mol. The molecule has 3 aromatic carbocycles. The van der Waals surface area contributed by atoms with E-state index < -0.39 is 5.82 Å². The van der Waals surface area contributed by atoms with Crippen LogP contribution in [-0.4, -0.2) is 21.2 Å². The van der Waals surface area contributed by atoms with Gasteiger partial charge in [0, 0.05) is 10.7 Å². The molecule has 4 rings (SSSR count). The van der Waals surface area contributed by atoms with E-state index in [0.29, 0.717) is 33.3 Å². The van der Waals surface area contributed by atoms with E-state index in [4.69, 9.17) is 11.6 Å². The Morgan fingerprint density at radius 1 is 1.06 bits per heavy atom. The third kappa shape index (κ3) is 5.13. The third-order valence-corrected chi connectivity index (χ3v) is 5.75. The van der Waals surface area contributed by atoms with Crippen molar-refractivity contribution in [3.8, 4) is 0 Å². The molecule has 156 valence electrons. The van der Waals surface area contributed by atoms with Gasteiger partial charge in [-0.2, -0.15) is 0 Å². The van der Waals surface area contributed by atoms with Crippen LogP contribution >= 0.6 is 23.4 Å². The Bertz CT molecular complexity index is 1310. The second-order valence-corrected chi connectivity index (χ2v) is 8.16. The van der Waals surface area contributed by atoms with Gasteiger partial charge < -0.3 is 5.32 Å². The molecule has 8 heteroatoms. The molecule has 0 fully saturated rings. The number of thioether (sulfide) groups is 1. The lowest BCUT2D eigenvalue weighted by Crippen LogP contribution is -2.24. The smallest absolute Gasteiger partial charge is 0.262 e. The van der Waals surface area contributed by atoms with Gasteiger partial charge in [0.1, 0.15) is 5.82 Å². The topological polar surface area (TPSA) is 64.0 Å². The number of nitrogens with one attached hydrogen (secondary N) is 1. The van der Waals surface area contributed by atoms with Gasteiger partial charge in [-0.25, -0.2) is 9.37 Å². The highest BCUT2D eigenvalue weighted by Crippen LogP contribution is 2.20. The fraction of sp³-hybridized carbons (Fsp3) is 0.0870. The number of rotatable bonds is 6. The number of fused-ring (bicyclic) bond motifs is 1. The zero-order chi connectivity index (χ0) is 21.8. The molecule has 1 N–H and O–H groups in total. The standard InChI is InChI=1S/C23H17ClFN3O2S/c24-16-10-8-15(9-11-16)13-28-22(30)19-6-1-2-7-20(19)27-23(28)31-14-21(29)26-18-5-3-4-17(25)12-18/h1-12H,13-14H2,(H,26,29). The highest BCUT2D eigenvalue weighted by Gasteiger charge is 2.14. The average molecular weight is 454 g/mol. The molecule has 31 heavy (non-hydrogen) atoms. The van der Waals surface area contributed by atoms with E-state index in [-0.39, 0.29) is 17.2 Å². The number of nitrogens with zero attached hydrogens (tertiary/aromatic N) is 2. The van der Waals surface area contributed by atoms with E-state index >= 15 is 0 Å². The van der Waals surface area contributed by atoms with E-state index in [1.807, 2.05) is 18.2 Å². The lowest BCUT2D eigenvalue weighted by Gasteiger charge is -2.13. The Morgan fingerprint density at radius 3 is 2.61 bits per heavy atom. The first-order valence-corrected chi connectivity index (χ1v) is 10.8. The molecule has 0 unspecified atom stereocenters. The molecule has 0 saturated heterocycles. The first-order chi connectivity index (χ1) is 15.0. The van der Waals surface area contributed by atoms with Gasteiger partial charge in [-0.1, -0.05) is 53.7 Å². The van der Waals surface area contributed by atoms with Crippen LogP contribution in [0.4, 0.5) is 10.1 Å². The summed E-state index contributed by atoms with van der Waals surface area (Å²) in [5.74, 6) is -0.739. The van der Waals surface area contributed by atoms with Crippen LogP contribution in [0.15, 0.2) is 82.7 Å². The van der Waals surface area contributed by atoms with Crippen LogP contribution in [-0.2, 0) is 11.3 Å². The molecular weight excluding hydrogens is 437 g/mol. The highest BCUT2D eigenvalue weighted by molar-refractivity contribution is 7.99. The van der Waals surface area contributed by atoms with Crippen LogP contribution in [0.1, 0.15) is 5.56 Å². The van der Waals surface area contributed by atoms with E-state index in [2.05, 4.69) is 10.3 Å². The van der Waals surface area contributed by atoms with Crippen LogP contribution in [0.3, 0.4) is 0 Å². The van der Waals surface area contributed by atoms with Crippen molar-refractivity contribution < 1.29 is 9.18 Å². The maximum atomic E-state index is 13.3. The van der Waals surface area contributed by atoms with Crippen LogP contribution in [0, 0.1) is 5.82 Å². The summed E-state index contributed by atoms with van der Waals surface area (Å²) in [4.78, 5) is 30.1. The molecule has 0 aliphatic heterocycles. The predicted molar refractivity (Wildman–Crippen MR) is 122 cm³/mol. The minimum Gasteiger partial charge on any atom is -0.325 e. The molecule has 5 nitrogen and oxygen atoms in total. The maximum Gasteiger partial charge on any atom is 0.262 e. The number of amides is 1. The zero-order valence-corrected chi connectivity index (χ0v) is 17.8. The molecule has 0 aliphatic carbocycles. The van der Waals surface area contributed by atoms with Crippen LogP contribution < -0.4 is 10.9 Å². The molecule has 0 radical (unpaired) electrons. The quantitative estimate of drug-likeness (QED) is 0.331. The van der Waals surface area contributed by atoms with Crippen molar-refractivity contribution in [1.82, 2.24) is 9.55 Å². The number of anilines is 1. The van der Waals surface area contributed by atoms with E-state index in [9.17, 15) is 14.0 Å². The number of hydrogen-bond donors (Lipinski definition) is 1. The van der Waals surface area contributed by atoms with Gasteiger partial charge in [-0.15, -0.1) is 0 Å². The number of halogens is 2. The summed E-state index contributed by atoms with van der Waals surface area (Å²) in [6.07, 6.45) is 0. The van der Waals surface area contributed by atoms with Gasteiger partial charge >= 0.3 is 0 Å². The fourth-order valence-corrected chi connectivity index (χ4v) is 3.99. The van der Waals surface area contributed by atoms with Gasteiger partial charge in [0.05, 0.1) is 23.2 Å². The SMILES string of the molecule is O=C(CSc1nc2ccccc2c(=O)n1Cc1ccc(Cl)cc1)Nc1cccc(F)c1. The number of carbonyl (C=O) groups is 1. The lowest BCUT2D eigenvalue weighted by molar-refractivity contribution is -0.113. The van der Waals surface area contributed by atoms with Gasteiger partial charge in [0.2, 0.25) is 5.91 Å². The number of hydrogen-bond acceptors (Lipinski definition) is 4. The molecule has 0 aliphatic rings. The van der Waals surface area contributed by atoms with Gasteiger partial charge in [0.25, 0.3) is 5.56 Å². The highest BCUT2D eigenvalue weighted by atomic mass is 35.5. The minimum atomic E-state index is -0.432. The first kappa shape index (κ1) is 21.1. The lowest BCUT2D eigenvalue weighted by atomic mass is 10.2. The Morgan fingerprint density at radius 2 is 1.84 bits per heavy atom. The van der Waals surface area contributed by atoms with Gasteiger partial charge in [-0.3, -0.25) is 14.2 Å². The zero-order valence-electron chi connectivity index (χ0n) is 16.2. The molecule has 0 saturated carbocycles. The number of carbonyl (C=O) groups excluding carboxylic acids is 1. The predicted octanol–water partition coefficient (Wildman–Crippen LogP) is 4.97. The molecule has 0 spiro atoms. The first-order valence-electron chi connectivity index (χ1n) is 9.42. The Hall–Kier alpha value is -3.16. The van der Waals surface area contributed by atoms with Crippen molar-refractivity contribution in [3.63, 3.8) is 0 Å². The summed E-state index contributed by atoms with van der Waals surface area (Å²) in [6.45, 7) is 0.293. The van der Waals surface area contributed by atoms with Crippen molar-refractivity contribution in [2.75, 3.05) is 11.1 Å². The van der Waals surface area contributed by atoms with Crippen molar-refractivity contribution >= 4 is 45.9 Å². The Kier molecular flexibility index (Phi) is 6.34. The van der Waals surface area contributed by atoms with Crippen molar-refractivity contribution in [3.05, 3.63) is 99.6 Å². The second-order valence-electron chi connectivity index (χ2n) is 6.78. The molecule has 0 atom stereocenters. The normalized spacial score (nSPS) is 10.9. The van der Waals surface area contributed by atoms with Crippen LogP contribution in [0.25, 0.3) is 10.9 Å². The van der Waals surface area contributed by atoms with Crippen LogP contribution in [0.5, 0.6) is 0 Å². The summed E-state index contributed by atoms with van der Waals surface area (Å²) in [6, 6.07) is 20.0. The number of benzene rings is 3. The molecular formula is C23H17ClFN3O2S. The Labute approximate surface area is 186 Å². The van der Waals surface area contributed by atoms with Crippen molar-refractivity contribution in [2.45, 2.75) is 11.7 Å². The van der Waals surface area contributed by atoms with E-state index in [0.717, 1.165) is 17.3 Å². The van der Waals surface area contributed by atoms with Crippen molar-refractivity contribution in [2.24, 2.45) is 0 Å². The summed E-state index contributed by atoms with van der Waals surface area (Å²) in [5.41, 5.74) is 1.63. The maximum absolute atomic E-state index is 13.3.